The monoisotopic (exact) mass is 289 g/mol. The molecule has 6 nitrogen and oxygen atoms in total. The lowest BCUT2D eigenvalue weighted by Gasteiger charge is -2.34. The minimum atomic E-state index is -0.711. The van der Waals surface area contributed by atoms with Crippen molar-refractivity contribution < 1.29 is 14.3 Å². The summed E-state index contributed by atoms with van der Waals surface area (Å²) in [5, 5.41) is 3.25. The van der Waals surface area contributed by atoms with Gasteiger partial charge in [0.15, 0.2) is 0 Å². The van der Waals surface area contributed by atoms with Crippen molar-refractivity contribution in [2.45, 2.75) is 32.2 Å². The van der Waals surface area contributed by atoms with E-state index in [-0.39, 0.29) is 5.91 Å². The second kappa shape index (κ2) is 11.0. The third kappa shape index (κ3) is 7.79. The van der Waals surface area contributed by atoms with Crippen molar-refractivity contribution in [1.29, 1.82) is 0 Å². The number of ether oxygens (including phenoxy) is 2. The number of nitrogens with two attached hydrogens (primary N) is 1. The zero-order chi connectivity index (χ0) is 15.4. The molecular weight excluding hydrogens is 258 g/mol. The molecule has 1 unspecified atom stereocenters. The molecule has 0 spiro atoms. The topological polar surface area (TPSA) is 76.8 Å². The van der Waals surface area contributed by atoms with Gasteiger partial charge >= 0.3 is 0 Å². The molecule has 1 atom stereocenters. The summed E-state index contributed by atoms with van der Waals surface area (Å²) < 4.78 is 10.2. The van der Waals surface area contributed by atoms with Gasteiger partial charge in [0.05, 0.1) is 6.61 Å². The van der Waals surface area contributed by atoms with Crippen molar-refractivity contribution in [3.05, 3.63) is 0 Å². The van der Waals surface area contributed by atoms with Gasteiger partial charge in [-0.2, -0.15) is 0 Å². The first-order valence-corrected chi connectivity index (χ1v) is 7.25. The Morgan fingerprint density at radius 1 is 1.25 bits per heavy atom. The molecule has 0 aliphatic carbocycles. The van der Waals surface area contributed by atoms with Gasteiger partial charge in [-0.15, -0.1) is 0 Å². The van der Waals surface area contributed by atoms with Gasteiger partial charge in [0.2, 0.25) is 5.91 Å². The van der Waals surface area contributed by atoms with Crippen LogP contribution in [0, 0.1) is 0 Å². The minimum absolute atomic E-state index is 0.319. The summed E-state index contributed by atoms with van der Waals surface area (Å²) in [5.41, 5.74) is 4.85. The van der Waals surface area contributed by atoms with Gasteiger partial charge in [-0.1, -0.05) is 6.92 Å². The van der Waals surface area contributed by atoms with E-state index in [1.165, 1.54) is 0 Å². The highest BCUT2D eigenvalue weighted by atomic mass is 16.5. The average Bonchev–Trinajstić information content (AvgIpc) is 2.42. The molecular formula is C14H31N3O3. The van der Waals surface area contributed by atoms with E-state index in [1.54, 1.807) is 14.2 Å². The zero-order valence-electron chi connectivity index (χ0n) is 13.4. The highest BCUT2D eigenvalue weighted by molar-refractivity contribution is 5.84. The van der Waals surface area contributed by atoms with Gasteiger partial charge in [-0.05, 0) is 26.3 Å². The molecule has 0 aromatic heterocycles. The summed E-state index contributed by atoms with van der Waals surface area (Å²) in [6, 6.07) is 0. The molecule has 0 aromatic rings. The molecule has 0 radical (unpaired) electrons. The number of carbonyl (C=O) groups is 1. The molecule has 1 amide bonds. The maximum atomic E-state index is 11.7. The van der Waals surface area contributed by atoms with Crippen LogP contribution in [-0.4, -0.2) is 70.0 Å². The molecule has 20 heavy (non-hydrogen) atoms. The van der Waals surface area contributed by atoms with E-state index in [1.807, 2.05) is 6.92 Å². The fourth-order valence-electron chi connectivity index (χ4n) is 1.99. The number of rotatable bonds is 13. The van der Waals surface area contributed by atoms with Crippen LogP contribution >= 0.6 is 0 Å². The Bertz CT molecular complexity index is 264. The summed E-state index contributed by atoms with van der Waals surface area (Å²) in [5.74, 6) is -0.319. The third-order valence-corrected chi connectivity index (χ3v) is 3.28. The predicted molar refractivity (Wildman–Crippen MR) is 80.7 cm³/mol. The van der Waals surface area contributed by atoms with Crippen LogP contribution < -0.4 is 11.1 Å². The molecule has 0 aliphatic heterocycles. The van der Waals surface area contributed by atoms with Gasteiger partial charge < -0.3 is 20.5 Å². The molecule has 3 N–H and O–H groups in total. The highest BCUT2D eigenvalue weighted by Crippen LogP contribution is 2.08. The summed E-state index contributed by atoms with van der Waals surface area (Å²) in [6.45, 7) is 8.25. The number of nitrogens with zero attached hydrogens (tertiary/aromatic N) is 1. The Kier molecular flexibility index (Phi) is 10.6. The smallest absolute Gasteiger partial charge is 0.238 e. The van der Waals surface area contributed by atoms with Gasteiger partial charge in [0, 0.05) is 40.5 Å². The van der Waals surface area contributed by atoms with Crippen LogP contribution in [0.4, 0.5) is 0 Å². The number of methoxy groups -OCH3 is 2. The normalized spacial score (nSPS) is 14.4. The number of amides is 1. The first-order valence-electron chi connectivity index (χ1n) is 7.25. The van der Waals surface area contributed by atoms with Crippen molar-refractivity contribution >= 4 is 5.91 Å². The third-order valence-electron chi connectivity index (χ3n) is 3.28. The van der Waals surface area contributed by atoms with Crippen LogP contribution in [0.2, 0.25) is 0 Å². The van der Waals surface area contributed by atoms with Crippen LogP contribution in [0.25, 0.3) is 0 Å². The zero-order valence-corrected chi connectivity index (χ0v) is 13.4. The van der Waals surface area contributed by atoms with E-state index in [4.69, 9.17) is 15.2 Å². The van der Waals surface area contributed by atoms with Gasteiger partial charge in [0.1, 0.15) is 5.54 Å². The largest absolute Gasteiger partial charge is 0.385 e. The Labute approximate surface area is 123 Å². The molecule has 0 heterocycles. The van der Waals surface area contributed by atoms with Crippen LogP contribution in [0.5, 0.6) is 0 Å². The molecule has 6 heteroatoms. The predicted octanol–water partition coefficient (Wildman–Crippen LogP) is 0.215. The van der Waals surface area contributed by atoms with Crippen molar-refractivity contribution in [3.63, 3.8) is 0 Å². The summed E-state index contributed by atoms with van der Waals surface area (Å²) in [6.07, 6.45) is 1.88. The van der Waals surface area contributed by atoms with E-state index < -0.39 is 5.54 Å². The van der Waals surface area contributed by atoms with Crippen LogP contribution in [0.15, 0.2) is 0 Å². The Morgan fingerprint density at radius 2 is 1.90 bits per heavy atom. The minimum Gasteiger partial charge on any atom is -0.385 e. The Balaban J connectivity index is 4.55. The molecule has 0 saturated carbocycles. The fourth-order valence-corrected chi connectivity index (χ4v) is 1.99. The molecule has 0 aromatic carbocycles. The standard InChI is InChI=1S/C14H31N3O3/c1-5-7-16-14(2,13(15)18)12-17(9-11-20-4)8-6-10-19-3/h16H,5-12H2,1-4H3,(H2,15,18). The Hall–Kier alpha value is -0.690. The SMILES string of the molecule is CCCNC(C)(CN(CCCOC)CCOC)C(N)=O. The summed E-state index contributed by atoms with van der Waals surface area (Å²) in [4.78, 5) is 13.9. The lowest BCUT2D eigenvalue weighted by molar-refractivity contribution is -0.124. The maximum Gasteiger partial charge on any atom is 0.238 e. The van der Waals surface area contributed by atoms with Crippen molar-refractivity contribution in [2.24, 2.45) is 5.73 Å². The first kappa shape index (κ1) is 19.3. The molecule has 0 fully saturated rings. The molecule has 0 rings (SSSR count). The van der Waals surface area contributed by atoms with Crippen molar-refractivity contribution in [3.8, 4) is 0 Å². The molecule has 0 bridgehead atoms. The maximum absolute atomic E-state index is 11.7. The number of hydrogen-bond donors (Lipinski definition) is 2. The fraction of sp³-hybridized carbons (Fsp3) is 0.929. The Morgan fingerprint density at radius 3 is 2.40 bits per heavy atom. The average molecular weight is 289 g/mol. The molecule has 120 valence electrons. The van der Waals surface area contributed by atoms with E-state index in [9.17, 15) is 4.79 Å². The first-order chi connectivity index (χ1) is 9.50. The van der Waals surface area contributed by atoms with E-state index in [0.717, 1.165) is 32.5 Å². The summed E-state index contributed by atoms with van der Waals surface area (Å²) >= 11 is 0. The lowest BCUT2D eigenvalue weighted by Crippen LogP contribution is -2.60. The lowest BCUT2D eigenvalue weighted by atomic mass is 10.00. The van der Waals surface area contributed by atoms with E-state index >= 15 is 0 Å². The van der Waals surface area contributed by atoms with Crippen LogP contribution in [0.3, 0.4) is 0 Å². The number of carbonyl (C=O) groups excluding carboxylic acids is 1. The van der Waals surface area contributed by atoms with Crippen molar-refractivity contribution in [2.75, 3.05) is 53.6 Å². The van der Waals surface area contributed by atoms with Crippen LogP contribution in [0.1, 0.15) is 26.7 Å². The molecule has 0 saturated heterocycles. The number of nitrogens with one attached hydrogen (secondary N) is 1. The van der Waals surface area contributed by atoms with Gasteiger partial charge in [-0.3, -0.25) is 9.69 Å². The van der Waals surface area contributed by atoms with Crippen molar-refractivity contribution in [1.82, 2.24) is 10.2 Å². The highest BCUT2D eigenvalue weighted by Gasteiger charge is 2.32. The van der Waals surface area contributed by atoms with E-state index in [2.05, 4.69) is 17.1 Å². The van der Waals surface area contributed by atoms with Gasteiger partial charge in [0.25, 0.3) is 0 Å². The quantitative estimate of drug-likeness (QED) is 0.474. The number of primary amides is 1. The van der Waals surface area contributed by atoms with Gasteiger partial charge in [-0.25, -0.2) is 0 Å². The van der Waals surface area contributed by atoms with E-state index in [0.29, 0.717) is 19.8 Å². The van der Waals surface area contributed by atoms with Crippen LogP contribution in [-0.2, 0) is 14.3 Å². The number of hydrogen-bond acceptors (Lipinski definition) is 5. The summed E-state index contributed by atoms with van der Waals surface area (Å²) in [7, 11) is 3.37. The molecule has 0 aliphatic rings. The second-order valence-electron chi connectivity index (χ2n) is 5.24. The second-order valence-corrected chi connectivity index (χ2v) is 5.24.